The SMILES string of the molecule is Cc1nc(CC(O)c2ccc(Br)c3cccnc23)cs1. The number of hydrogen-bond acceptors (Lipinski definition) is 4. The molecule has 20 heavy (non-hydrogen) atoms. The Bertz CT molecular complexity index is 756. The van der Waals surface area contributed by atoms with Crippen molar-refractivity contribution in [3.05, 3.63) is 56.6 Å². The molecule has 0 aliphatic carbocycles. The Balaban J connectivity index is 1.99. The molecule has 2 aromatic heterocycles. The van der Waals surface area contributed by atoms with Gasteiger partial charge in [-0.25, -0.2) is 4.98 Å². The predicted octanol–water partition coefficient (Wildman–Crippen LogP) is 4.04. The average Bonchev–Trinajstić information content (AvgIpc) is 2.84. The van der Waals surface area contributed by atoms with Crippen LogP contribution in [0.5, 0.6) is 0 Å². The summed E-state index contributed by atoms with van der Waals surface area (Å²) in [7, 11) is 0. The zero-order chi connectivity index (χ0) is 14.1. The number of aromatic nitrogens is 2. The molecule has 1 aromatic carbocycles. The molecule has 3 nitrogen and oxygen atoms in total. The summed E-state index contributed by atoms with van der Waals surface area (Å²) in [5.74, 6) is 0. The summed E-state index contributed by atoms with van der Waals surface area (Å²) in [5.41, 5.74) is 2.60. The maximum atomic E-state index is 10.5. The number of halogens is 1. The van der Waals surface area contributed by atoms with Gasteiger partial charge in [0, 0.05) is 33.4 Å². The molecule has 3 rings (SSSR count). The van der Waals surface area contributed by atoms with Crippen molar-refractivity contribution in [3.63, 3.8) is 0 Å². The van der Waals surface area contributed by atoms with Crippen molar-refractivity contribution >= 4 is 38.2 Å². The highest BCUT2D eigenvalue weighted by Crippen LogP contribution is 2.30. The lowest BCUT2D eigenvalue weighted by Gasteiger charge is -2.12. The Hall–Kier alpha value is -1.30. The molecule has 0 amide bonds. The molecule has 0 bridgehead atoms. The molecule has 5 heteroatoms. The highest BCUT2D eigenvalue weighted by Gasteiger charge is 2.15. The third-order valence-corrected chi connectivity index (χ3v) is 4.69. The van der Waals surface area contributed by atoms with E-state index >= 15 is 0 Å². The first kappa shape index (κ1) is 13.7. The molecule has 102 valence electrons. The van der Waals surface area contributed by atoms with Gasteiger partial charge in [0.1, 0.15) is 0 Å². The Morgan fingerprint density at radius 2 is 2.20 bits per heavy atom. The number of hydrogen-bond donors (Lipinski definition) is 1. The Kier molecular flexibility index (Phi) is 3.83. The number of aliphatic hydroxyl groups is 1. The molecule has 1 N–H and O–H groups in total. The third-order valence-electron chi connectivity index (χ3n) is 3.18. The molecule has 1 unspecified atom stereocenters. The third kappa shape index (κ3) is 2.61. The highest BCUT2D eigenvalue weighted by atomic mass is 79.9. The van der Waals surface area contributed by atoms with E-state index in [4.69, 9.17) is 0 Å². The van der Waals surface area contributed by atoms with Crippen molar-refractivity contribution in [2.24, 2.45) is 0 Å². The minimum atomic E-state index is -0.595. The van der Waals surface area contributed by atoms with E-state index in [9.17, 15) is 5.11 Å². The predicted molar refractivity (Wildman–Crippen MR) is 85.0 cm³/mol. The number of aliphatic hydroxyl groups excluding tert-OH is 1. The number of fused-ring (bicyclic) bond motifs is 1. The van der Waals surface area contributed by atoms with Crippen LogP contribution in [0.4, 0.5) is 0 Å². The van der Waals surface area contributed by atoms with Gasteiger partial charge >= 0.3 is 0 Å². The van der Waals surface area contributed by atoms with Crippen LogP contribution >= 0.6 is 27.3 Å². The summed E-state index contributed by atoms with van der Waals surface area (Å²) < 4.78 is 0.987. The number of benzene rings is 1. The summed E-state index contributed by atoms with van der Waals surface area (Å²) in [6.45, 7) is 1.97. The molecule has 0 radical (unpaired) electrons. The zero-order valence-electron chi connectivity index (χ0n) is 10.9. The largest absolute Gasteiger partial charge is 0.388 e. The summed E-state index contributed by atoms with van der Waals surface area (Å²) in [6, 6.07) is 7.76. The molecular formula is C15H13BrN2OS. The maximum Gasteiger partial charge on any atom is 0.0897 e. The van der Waals surface area contributed by atoms with E-state index in [1.807, 2.05) is 36.6 Å². The average molecular weight is 349 g/mol. The maximum absolute atomic E-state index is 10.5. The van der Waals surface area contributed by atoms with Gasteiger partial charge in [0.2, 0.25) is 0 Å². The molecule has 0 aliphatic heterocycles. The Morgan fingerprint density at radius 1 is 1.35 bits per heavy atom. The van der Waals surface area contributed by atoms with E-state index in [1.165, 1.54) is 0 Å². The van der Waals surface area contributed by atoms with Gasteiger partial charge < -0.3 is 5.11 Å². The second-order valence-corrected chi connectivity index (χ2v) is 6.53. The summed E-state index contributed by atoms with van der Waals surface area (Å²) in [4.78, 5) is 8.80. The van der Waals surface area contributed by atoms with Crippen LogP contribution in [0.25, 0.3) is 10.9 Å². The van der Waals surface area contributed by atoms with Gasteiger partial charge in [0.25, 0.3) is 0 Å². The number of nitrogens with zero attached hydrogens (tertiary/aromatic N) is 2. The highest BCUT2D eigenvalue weighted by molar-refractivity contribution is 9.10. The molecule has 0 saturated carbocycles. The van der Waals surface area contributed by atoms with E-state index in [-0.39, 0.29) is 0 Å². The second-order valence-electron chi connectivity index (χ2n) is 4.61. The minimum absolute atomic E-state index is 0.512. The smallest absolute Gasteiger partial charge is 0.0897 e. The first-order chi connectivity index (χ1) is 9.65. The van der Waals surface area contributed by atoms with Crippen LogP contribution in [0.2, 0.25) is 0 Å². The summed E-state index contributed by atoms with van der Waals surface area (Å²) >= 11 is 5.12. The molecular weight excluding hydrogens is 336 g/mol. The lowest BCUT2D eigenvalue weighted by molar-refractivity contribution is 0.178. The van der Waals surface area contributed by atoms with Gasteiger partial charge in [-0.15, -0.1) is 11.3 Å². The molecule has 1 atom stereocenters. The van der Waals surface area contributed by atoms with Crippen LogP contribution in [-0.2, 0) is 6.42 Å². The van der Waals surface area contributed by atoms with Crippen molar-refractivity contribution in [1.29, 1.82) is 0 Å². The van der Waals surface area contributed by atoms with Crippen molar-refractivity contribution in [2.75, 3.05) is 0 Å². The fourth-order valence-corrected chi connectivity index (χ4v) is 3.32. The molecule has 2 heterocycles. The van der Waals surface area contributed by atoms with E-state index in [1.54, 1.807) is 17.5 Å². The van der Waals surface area contributed by atoms with Gasteiger partial charge in [0.15, 0.2) is 0 Å². The molecule has 0 saturated heterocycles. The quantitative estimate of drug-likeness (QED) is 0.776. The van der Waals surface area contributed by atoms with Crippen molar-refractivity contribution in [3.8, 4) is 0 Å². The monoisotopic (exact) mass is 348 g/mol. The lowest BCUT2D eigenvalue weighted by atomic mass is 10.0. The summed E-state index contributed by atoms with van der Waals surface area (Å²) in [5, 5.41) is 14.5. The fraction of sp³-hybridized carbons (Fsp3) is 0.200. The lowest BCUT2D eigenvalue weighted by Crippen LogP contribution is -2.04. The number of thiazole rings is 1. The topological polar surface area (TPSA) is 46.0 Å². The number of rotatable bonds is 3. The van der Waals surface area contributed by atoms with Crippen LogP contribution in [-0.4, -0.2) is 15.1 Å². The second kappa shape index (κ2) is 5.60. The zero-order valence-corrected chi connectivity index (χ0v) is 13.3. The Labute approximate surface area is 129 Å². The van der Waals surface area contributed by atoms with Crippen LogP contribution in [0, 0.1) is 6.92 Å². The number of aryl methyl sites for hydroxylation is 1. The normalized spacial score (nSPS) is 12.8. The van der Waals surface area contributed by atoms with E-state index in [0.717, 1.165) is 31.6 Å². The molecule has 0 spiro atoms. The molecule has 0 aliphatic rings. The summed E-state index contributed by atoms with van der Waals surface area (Å²) in [6.07, 6.45) is 1.66. The molecule has 0 fully saturated rings. The van der Waals surface area contributed by atoms with Crippen LogP contribution in [0.15, 0.2) is 40.3 Å². The first-order valence-electron chi connectivity index (χ1n) is 6.27. The van der Waals surface area contributed by atoms with Crippen molar-refractivity contribution in [1.82, 2.24) is 9.97 Å². The van der Waals surface area contributed by atoms with Gasteiger partial charge in [0.05, 0.1) is 22.3 Å². The number of pyridine rings is 1. The van der Waals surface area contributed by atoms with Gasteiger partial charge in [-0.1, -0.05) is 28.1 Å². The first-order valence-corrected chi connectivity index (χ1v) is 7.94. The van der Waals surface area contributed by atoms with Crippen molar-refractivity contribution < 1.29 is 5.11 Å². The Morgan fingerprint density at radius 3 is 2.95 bits per heavy atom. The van der Waals surface area contributed by atoms with Gasteiger partial charge in [-0.2, -0.15) is 0 Å². The standard InChI is InChI=1S/C15H13BrN2OS/c1-9-18-10(8-20-9)7-14(19)12-4-5-13(16)11-3-2-6-17-15(11)12/h2-6,8,14,19H,7H2,1H3. The van der Waals surface area contributed by atoms with Crippen LogP contribution in [0.1, 0.15) is 22.4 Å². The van der Waals surface area contributed by atoms with Gasteiger partial charge in [-0.3, -0.25) is 4.98 Å². The van der Waals surface area contributed by atoms with Crippen LogP contribution < -0.4 is 0 Å². The van der Waals surface area contributed by atoms with Crippen molar-refractivity contribution in [2.45, 2.75) is 19.4 Å². The van der Waals surface area contributed by atoms with E-state index in [2.05, 4.69) is 25.9 Å². The van der Waals surface area contributed by atoms with E-state index in [0.29, 0.717) is 6.42 Å². The molecule has 3 aromatic rings. The minimum Gasteiger partial charge on any atom is -0.388 e. The van der Waals surface area contributed by atoms with Gasteiger partial charge in [-0.05, 0) is 19.1 Å². The van der Waals surface area contributed by atoms with Crippen LogP contribution in [0.3, 0.4) is 0 Å². The fourth-order valence-electron chi connectivity index (χ4n) is 2.24. The van der Waals surface area contributed by atoms with E-state index < -0.39 is 6.10 Å².